The maximum Gasteiger partial charge on any atom is 0.276 e. The van der Waals surface area contributed by atoms with Crippen LogP contribution in [0.2, 0.25) is 0 Å². The zero-order valence-electron chi connectivity index (χ0n) is 16.2. The topological polar surface area (TPSA) is 81.3 Å². The van der Waals surface area contributed by atoms with Gasteiger partial charge in [0.05, 0.1) is 0 Å². The van der Waals surface area contributed by atoms with E-state index in [0.29, 0.717) is 37.4 Å². The lowest BCUT2D eigenvalue weighted by Crippen LogP contribution is -2.37. The molecule has 0 unspecified atom stereocenters. The molecule has 1 aromatic heterocycles. The van der Waals surface area contributed by atoms with Crippen LogP contribution >= 0.6 is 0 Å². The van der Waals surface area contributed by atoms with Crippen molar-refractivity contribution in [2.24, 2.45) is 0 Å². The number of aromatic amines is 1. The highest BCUT2D eigenvalue weighted by Gasteiger charge is 2.30. The number of nitrogens with zero attached hydrogens (tertiary/aromatic N) is 3. The number of anilines is 2. The van der Waals surface area contributed by atoms with E-state index in [4.69, 9.17) is 0 Å². The molecule has 3 rings (SSSR count). The van der Waals surface area contributed by atoms with Crippen molar-refractivity contribution >= 4 is 23.3 Å². The van der Waals surface area contributed by atoms with Gasteiger partial charge in [0.25, 0.3) is 5.91 Å². The summed E-state index contributed by atoms with van der Waals surface area (Å²) in [5.41, 5.74) is 3.27. The third-order valence-corrected chi connectivity index (χ3v) is 5.06. The summed E-state index contributed by atoms with van der Waals surface area (Å²) in [7, 11) is 0. The Morgan fingerprint density at radius 2 is 1.96 bits per heavy atom. The first kappa shape index (κ1) is 19.1. The molecule has 7 heteroatoms. The van der Waals surface area contributed by atoms with Crippen molar-refractivity contribution in [2.75, 3.05) is 36.4 Å². The van der Waals surface area contributed by atoms with Crippen LogP contribution in [0.5, 0.6) is 0 Å². The predicted octanol–water partition coefficient (Wildman–Crippen LogP) is 2.59. The molecule has 2 N–H and O–H groups in total. The van der Waals surface area contributed by atoms with Crippen LogP contribution < -0.4 is 10.2 Å². The highest BCUT2D eigenvalue weighted by Crippen LogP contribution is 2.27. The lowest BCUT2D eigenvalue weighted by atomic mass is 10.0. The van der Waals surface area contributed by atoms with E-state index >= 15 is 0 Å². The van der Waals surface area contributed by atoms with E-state index in [1.807, 2.05) is 31.2 Å². The molecule has 1 aliphatic rings. The fourth-order valence-corrected chi connectivity index (χ4v) is 3.31. The summed E-state index contributed by atoms with van der Waals surface area (Å²) >= 11 is 0. The molecule has 0 aliphatic carbocycles. The number of hydrogen-bond acceptors (Lipinski definition) is 4. The van der Waals surface area contributed by atoms with Crippen molar-refractivity contribution in [3.8, 4) is 0 Å². The zero-order chi connectivity index (χ0) is 19.4. The molecule has 0 bridgehead atoms. The van der Waals surface area contributed by atoms with Crippen molar-refractivity contribution in [2.45, 2.75) is 33.6 Å². The minimum absolute atomic E-state index is 0.0791. The largest absolute Gasteiger partial charge is 0.309 e. The van der Waals surface area contributed by atoms with Crippen molar-refractivity contribution < 1.29 is 9.59 Å². The maximum absolute atomic E-state index is 12.8. The summed E-state index contributed by atoms with van der Waals surface area (Å²) in [5.74, 6) is 0.285. The third kappa shape index (κ3) is 4.19. The number of benzene rings is 1. The fraction of sp³-hybridized carbons (Fsp3) is 0.450. The molecular formula is C20H27N5O2. The Morgan fingerprint density at radius 1 is 1.26 bits per heavy atom. The Balaban J connectivity index is 1.68. The van der Waals surface area contributed by atoms with Gasteiger partial charge in [-0.05, 0) is 38.6 Å². The van der Waals surface area contributed by atoms with Gasteiger partial charge in [-0.15, -0.1) is 0 Å². The summed E-state index contributed by atoms with van der Waals surface area (Å²) in [6, 6.07) is 7.88. The first-order chi connectivity index (χ1) is 13.0. The number of aryl methyl sites for hydroxylation is 1. The predicted molar refractivity (Wildman–Crippen MR) is 106 cm³/mol. The average molecular weight is 369 g/mol. The van der Waals surface area contributed by atoms with Gasteiger partial charge in [-0.2, -0.15) is 5.10 Å². The molecule has 0 fully saturated rings. The van der Waals surface area contributed by atoms with Gasteiger partial charge in [0.1, 0.15) is 5.69 Å². The van der Waals surface area contributed by atoms with E-state index in [9.17, 15) is 9.59 Å². The van der Waals surface area contributed by atoms with Crippen LogP contribution in [-0.4, -0.2) is 53.1 Å². The fourth-order valence-electron chi connectivity index (χ4n) is 3.31. The molecule has 0 saturated carbocycles. The SMILES string of the molecule is CCN(CC)CCC(=O)Nc1n[nH]c2c1CCN(c1ccc(C)cc1)C2=O. The normalized spacial score (nSPS) is 13.8. The van der Waals surface area contributed by atoms with Gasteiger partial charge in [0.2, 0.25) is 5.91 Å². The lowest BCUT2D eigenvalue weighted by Gasteiger charge is -2.26. The van der Waals surface area contributed by atoms with Crippen molar-refractivity contribution in [1.29, 1.82) is 0 Å². The Labute approximate surface area is 159 Å². The highest BCUT2D eigenvalue weighted by atomic mass is 16.2. The van der Waals surface area contributed by atoms with E-state index in [-0.39, 0.29) is 11.8 Å². The molecule has 0 atom stereocenters. The second-order valence-electron chi connectivity index (χ2n) is 6.79. The Hall–Kier alpha value is -2.67. The number of carbonyl (C=O) groups is 2. The Bertz CT molecular complexity index is 808. The van der Waals surface area contributed by atoms with Gasteiger partial charge in [-0.1, -0.05) is 31.5 Å². The monoisotopic (exact) mass is 369 g/mol. The molecule has 144 valence electrons. The van der Waals surface area contributed by atoms with Crippen LogP contribution in [0.25, 0.3) is 0 Å². The lowest BCUT2D eigenvalue weighted by molar-refractivity contribution is -0.116. The number of nitrogens with one attached hydrogen (secondary N) is 2. The molecule has 1 aliphatic heterocycles. The molecule has 2 heterocycles. The van der Waals surface area contributed by atoms with Crippen LogP contribution in [0.1, 0.15) is 41.9 Å². The van der Waals surface area contributed by atoms with Crippen LogP contribution in [0.4, 0.5) is 11.5 Å². The molecule has 7 nitrogen and oxygen atoms in total. The summed E-state index contributed by atoms with van der Waals surface area (Å²) in [6.07, 6.45) is 1.06. The van der Waals surface area contributed by atoms with E-state index in [2.05, 4.69) is 34.3 Å². The molecule has 1 aromatic carbocycles. The molecule has 2 amide bonds. The molecule has 0 saturated heterocycles. The van der Waals surface area contributed by atoms with Crippen molar-refractivity contribution in [3.63, 3.8) is 0 Å². The van der Waals surface area contributed by atoms with Crippen LogP contribution in [-0.2, 0) is 11.2 Å². The summed E-state index contributed by atoms with van der Waals surface area (Å²) < 4.78 is 0. The van der Waals surface area contributed by atoms with Crippen molar-refractivity contribution in [3.05, 3.63) is 41.1 Å². The van der Waals surface area contributed by atoms with Crippen molar-refractivity contribution in [1.82, 2.24) is 15.1 Å². The van der Waals surface area contributed by atoms with E-state index in [1.54, 1.807) is 4.90 Å². The summed E-state index contributed by atoms with van der Waals surface area (Å²) in [6.45, 7) is 9.30. The smallest absolute Gasteiger partial charge is 0.276 e. The van der Waals surface area contributed by atoms with Crippen LogP contribution in [0.15, 0.2) is 24.3 Å². The van der Waals surface area contributed by atoms with E-state index in [1.165, 1.54) is 0 Å². The second-order valence-corrected chi connectivity index (χ2v) is 6.79. The Morgan fingerprint density at radius 3 is 2.63 bits per heavy atom. The van der Waals surface area contributed by atoms with Gasteiger partial charge >= 0.3 is 0 Å². The van der Waals surface area contributed by atoms with E-state index < -0.39 is 0 Å². The quantitative estimate of drug-likeness (QED) is 0.786. The number of H-pyrrole nitrogens is 1. The van der Waals surface area contributed by atoms with E-state index in [0.717, 1.165) is 29.9 Å². The number of carbonyl (C=O) groups excluding carboxylic acids is 2. The van der Waals surface area contributed by atoms with Gasteiger partial charge < -0.3 is 15.1 Å². The summed E-state index contributed by atoms with van der Waals surface area (Å²) in [5, 5.41) is 9.85. The average Bonchev–Trinajstić information content (AvgIpc) is 3.07. The highest BCUT2D eigenvalue weighted by molar-refractivity contribution is 6.08. The van der Waals surface area contributed by atoms with Gasteiger partial charge in [-0.25, -0.2) is 0 Å². The van der Waals surface area contributed by atoms with Gasteiger partial charge in [0.15, 0.2) is 5.82 Å². The number of rotatable bonds is 7. The second kappa shape index (κ2) is 8.35. The molecule has 27 heavy (non-hydrogen) atoms. The third-order valence-electron chi connectivity index (χ3n) is 5.06. The number of hydrogen-bond donors (Lipinski definition) is 2. The molecule has 2 aromatic rings. The molecule has 0 spiro atoms. The summed E-state index contributed by atoms with van der Waals surface area (Å²) in [4.78, 5) is 29.0. The van der Waals surface area contributed by atoms with Gasteiger partial charge in [0, 0.05) is 30.8 Å². The Kier molecular flexibility index (Phi) is 5.91. The molecular weight excluding hydrogens is 342 g/mol. The first-order valence-electron chi connectivity index (χ1n) is 9.51. The first-order valence-corrected chi connectivity index (χ1v) is 9.51. The maximum atomic E-state index is 12.8. The number of amides is 2. The number of fused-ring (bicyclic) bond motifs is 1. The number of aromatic nitrogens is 2. The van der Waals surface area contributed by atoms with Gasteiger partial charge in [-0.3, -0.25) is 14.7 Å². The standard InChI is InChI=1S/C20H27N5O2/c1-4-24(5-2)12-11-17(26)21-19-16-10-13-25(20(27)18(16)22-23-19)15-8-6-14(3)7-9-15/h6-9H,4-5,10-13H2,1-3H3,(H2,21,22,23,26). The minimum Gasteiger partial charge on any atom is -0.309 e. The minimum atomic E-state index is -0.115. The zero-order valence-corrected chi connectivity index (χ0v) is 16.2. The van der Waals surface area contributed by atoms with Crippen LogP contribution in [0.3, 0.4) is 0 Å². The van der Waals surface area contributed by atoms with Crippen LogP contribution in [0, 0.1) is 6.92 Å². The molecule has 0 radical (unpaired) electrons.